The molecule has 0 N–H and O–H groups in total. The van der Waals surface area contributed by atoms with E-state index in [9.17, 15) is 9.59 Å². The fourth-order valence-corrected chi connectivity index (χ4v) is 5.72. The maximum Gasteiger partial charge on any atom is 0.345 e. The normalized spacial score (nSPS) is 11.5. The highest BCUT2D eigenvalue weighted by atomic mass is 32.1. The average Bonchev–Trinajstić information content (AvgIpc) is 3.38. The number of benzene rings is 3. The van der Waals surface area contributed by atoms with Crippen molar-refractivity contribution < 1.29 is 8.83 Å². The molecular weight excluding hydrogens is 470 g/mol. The molecule has 0 bridgehead atoms. The number of anilines is 1. The molecule has 6 heteroatoms. The third-order valence-corrected chi connectivity index (χ3v) is 7.76. The summed E-state index contributed by atoms with van der Waals surface area (Å²) in [5.74, 6) is 0. The summed E-state index contributed by atoms with van der Waals surface area (Å²) in [5.41, 5.74) is 2.32. The van der Waals surface area contributed by atoms with Crippen LogP contribution < -0.4 is 16.2 Å². The summed E-state index contributed by atoms with van der Waals surface area (Å²) in [6.07, 6.45) is 0. The van der Waals surface area contributed by atoms with Gasteiger partial charge in [0.2, 0.25) is 0 Å². The van der Waals surface area contributed by atoms with E-state index in [1.807, 2.05) is 78.9 Å². The summed E-state index contributed by atoms with van der Waals surface area (Å²) < 4.78 is 11.5. The van der Waals surface area contributed by atoms with E-state index in [1.165, 1.54) is 11.3 Å². The fourth-order valence-electron chi connectivity index (χ4n) is 4.71. The molecule has 0 fully saturated rings. The SMILES string of the molecule is CCN(CC)c1ccc2cc(-c3ccc(-c4cc5ccc6ccccc6c5oc4=O)s3)c(=O)oc2c1. The van der Waals surface area contributed by atoms with E-state index >= 15 is 0 Å². The van der Waals surface area contributed by atoms with Crippen LogP contribution in [0.3, 0.4) is 0 Å². The van der Waals surface area contributed by atoms with Crippen LogP contribution in [-0.4, -0.2) is 13.1 Å². The quantitative estimate of drug-likeness (QED) is 0.186. The molecule has 0 aliphatic rings. The van der Waals surface area contributed by atoms with Crippen LogP contribution in [0.4, 0.5) is 5.69 Å². The van der Waals surface area contributed by atoms with E-state index in [-0.39, 0.29) is 0 Å². The number of nitrogens with zero attached hydrogens (tertiary/aromatic N) is 1. The van der Waals surface area contributed by atoms with Gasteiger partial charge in [-0.05, 0) is 55.6 Å². The summed E-state index contributed by atoms with van der Waals surface area (Å²) in [4.78, 5) is 29.6. The Bertz CT molecular complexity index is 1870. The Hall–Kier alpha value is -4.16. The monoisotopic (exact) mass is 493 g/mol. The molecule has 3 heterocycles. The van der Waals surface area contributed by atoms with Gasteiger partial charge in [0, 0.05) is 50.8 Å². The van der Waals surface area contributed by atoms with Crippen molar-refractivity contribution in [3.8, 4) is 20.9 Å². The molecule has 5 nitrogen and oxygen atoms in total. The maximum atomic E-state index is 13.0. The minimum atomic E-state index is -0.401. The van der Waals surface area contributed by atoms with Crippen LogP contribution in [0, 0.1) is 0 Å². The van der Waals surface area contributed by atoms with Crippen LogP contribution in [0.1, 0.15) is 13.8 Å². The van der Waals surface area contributed by atoms with E-state index in [0.717, 1.165) is 50.1 Å². The van der Waals surface area contributed by atoms with Gasteiger partial charge in [-0.3, -0.25) is 0 Å². The summed E-state index contributed by atoms with van der Waals surface area (Å²) in [7, 11) is 0. The largest absolute Gasteiger partial charge is 0.422 e. The summed E-state index contributed by atoms with van der Waals surface area (Å²) >= 11 is 1.38. The average molecular weight is 494 g/mol. The molecule has 0 amide bonds. The topological polar surface area (TPSA) is 63.7 Å². The van der Waals surface area contributed by atoms with Gasteiger partial charge in [0.1, 0.15) is 11.2 Å². The minimum absolute atomic E-state index is 0.399. The van der Waals surface area contributed by atoms with Gasteiger partial charge in [-0.1, -0.05) is 36.4 Å². The Morgan fingerprint density at radius 1 is 0.694 bits per heavy atom. The van der Waals surface area contributed by atoms with Crippen molar-refractivity contribution >= 4 is 49.7 Å². The predicted molar refractivity (Wildman–Crippen MR) is 148 cm³/mol. The molecule has 0 atom stereocenters. The lowest BCUT2D eigenvalue weighted by Gasteiger charge is -2.20. The molecule has 0 unspecified atom stereocenters. The zero-order chi connectivity index (χ0) is 24.8. The van der Waals surface area contributed by atoms with E-state index in [4.69, 9.17) is 8.83 Å². The standard InChI is InChI=1S/C30H23NO4S/c1-3-31(4-2)21-12-11-19-15-23(29(32)34-25(19)17-21)26-13-14-27(36-26)24-16-20-10-9-18-7-5-6-8-22(18)28(20)35-30(24)33/h5-17H,3-4H2,1-2H3. The van der Waals surface area contributed by atoms with Crippen molar-refractivity contribution in [2.24, 2.45) is 0 Å². The number of thiophene rings is 1. The molecule has 36 heavy (non-hydrogen) atoms. The highest BCUT2D eigenvalue weighted by molar-refractivity contribution is 7.18. The molecule has 3 aromatic heterocycles. The van der Waals surface area contributed by atoms with Gasteiger partial charge in [-0.25, -0.2) is 9.59 Å². The van der Waals surface area contributed by atoms with Crippen LogP contribution in [0.2, 0.25) is 0 Å². The lowest BCUT2D eigenvalue weighted by Crippen LogP contribution is -2.21. The Morgan fingerprint density at radius 3 is 2.08 bits per heavy atom. The van der Waals surface area contributed by atoms with Gasteiger partial charge in [0.15, 0.2) is 0 Å². The van der Waals surface area contributed by atoms with Gasteiger partial charge in [-0.2, -0.15) is 0 Å². The van der Waals surface area contributed by atoms with Crippen LogP contribution in [0.5, 0.6) is 0 Å². The molecule has 0 aliphatic carbocycles. The predicted octanol–water partition coefficient (Wildman–Crippen LogP) is 7.29. The molecule has 6 rings (SSSR count). The van der Waals surface area contributed by atoms with Crippen LogP contribution in [0.25, 0.3) is 53.6 Å². The highest BCUT2D eigenvalue weighted by Gasteiger charge is 2.16. The first-order valence-corrected chi connectivity index (χ1v) is 12.8. The van der Waals surface area contributed by atoms with E-state index in [1.54, 1.807) is 0 Å². The second kappa shape index (κ2) is 8.81. The molecule has 6 aromatic rings. The lowest BCUT2D eigenvalue weighted by molar-refractivity contribution is 0.563. The van der Waals surface area contributed by atoms with E-state index < -0.39 is 11.3 Å². The van der Waals surface area contributed by atoms with Gasteiger partial charge < -0.3 is 13.7 Å². The molecule has 3 aromatic carbocycles. The lowest BCUT2D eigenvalue weighted by atomic mass is 10.1. The number of hydrogen-bond acceptors (Lipinski definition) is 6. The summed E-state index contributed by atoms with van der Waals surface area (Å²) in [5, 5.41) is 3.63. The zero-order valence-corrected chi connectivity index (χ0v) is 20.7. The summed E-state index contributed by atoms with van der Waals surface area (Å²) in [6.45, 7) is 5.95. The van der Waals surface area contributed by atoms with Gasteiger partial charge in [-0.15, -0.1) is 11.3 Å². The number of hydrogen-bond donors (Lipinski definition) is 0. The van der Waals surface area contributed by atoms with E-state index in [0.29, 0.717) is 22.3 Å². The van der Waals surface area contributed by atoms with Crippen molar-refractivity contribution in [3.63, 3.8) is 0 Å². The number of fused-ring (bicyclic) bond motifs is 4. The molecule has 178 valence electrons. The molecule has 0 saturated heterocycles. The fraction of sp³-hybridized carbons (Fsp3) is 0.133. The summed E-state index contributed by atoms with van der Waals surface area (Å²) in [6, 6.07) is 25.2. The van der Waals surface area contributed by atoms with Crippen molar-refractivity contribution in [1.82, 2.24) is 0 Å². The Morgan fingerprint density at radius 2 is 1.33 bits per heavy atom. The van der Waals surface area contributed by atoms with Gasteiger partial charge >= 0.3 is 11.3 Å². The van der Waals surface area contributed by atoms with Crippen molar-refractivity contribution in [1.29, 1.82) is 0 Å². The number of rotatable bonds is 5. The van der Waals surface area contributed by atoms with Gasteiger partial charge in [0.25, 0.3) is 0 Å². The minimum Gasteiger partial charge on any atom is -0.422 e. The maximum absolute atomic E-state index is 13.0. The van der Waals surface area contributed by atoms with Crippen LogP contribution >= 0.6 is 11.3 Å². The first kappa shape index (κ1) is 22.3. The molecule has 0 aliphatic heterocycles. The Labute approximate surface area is 210 Å². The van der Waals surface area contributed by atoms with E-state index in [2.05, 4.69) is 18.7 Å². The molecule has 0 spiro atoms. The zero-order valence-electron chi connectivity index (χ0n) is 19.9. The first-order valence-electron chi connectivity index (χ1n) is 11.9. The van der Waals surface area contributed by atoms with Crippen LogP contribution in [0.15, 0.2) is 97.3 Å². The van der Waals surface area contributed by atoms with Crippen molar-refractivity contribution in [3.05, 3.63) is 99.7 Å². The van der Waals surface area contributed by atoms with Crippen LogP contribution in [-0.2, 0) is 0 Å². The third-order valence-electron chi connectivity index (χ3n) is 6.61. The Balaban J connectivity index is 1.41. The molecular formula is C30H23NO4S. The van der Waals surface area contributed by atoms with Crippen molar-refractivity contribution in [2.45, 2.75) is 13.8 Å². The molecule has 0 saturated carbocycles. The Kier molecular flexibility index (Phi) is 5.46. The first-order chi connectivity index (χ1) is 17.6. The smallest absolute Gasteiger partial charge is 0.345 e. The third kappa shape index (κ3) is 3.71. The van der Waals surface area contributed by atoms with Crippen molar-refractivity contribution in [2.75, 3.05) is 18.0 Å². The second-order valence-electron chi connectivity index (χ2n) is 8.66. The molecule has 0 radical (unpaired) electrons. The van der Waals surface area contributed by atoms with Gasteiger partial charge in [0.05, 0.1) is 11.1 Å². The highest BCUT2D eigenvalue weighted by Crippen LogP contribution is 2.35. The second-order valence-corrected chi connectivity index (χ2v) is 9.74.